The number of amides is 1. The van der Waals surface area contributed by atoms with Gasteiger partial charge < -0.3 is 10.6 Å². The number of hydrogen-bond acceptors (Lipinski definition) is 2. The van der Waals surface area contributed by atoms with Crippen LogP contribution >= 0.6 is 0 Å². The van der Waals surface area contributed by atoms with Crippen molar-refractivity contribution >= 4 is 5.91 Å². The minimum Gasteiger partial charge on any atom is -0.355 e. The summed E-state index contributed by atoms with van der Waals surface area (Å²) in [4.78, 5) is 11.7. The smallest absolute Gasteiger partial charge is 0.237 e. The number of hydrogen-bond donors (Lipinski definition) is 2. The van der Waals surface area contributed by atoms with E-state index in [1.165, 1.54) is 32.1 Å². The van der Waals surface area contributed by atoms with Crippen LogP contribution in [0.25, 0.3) is 0 Å². The number of carbonyl (C=O) groups excluding carboxylic acids is 1. The average Bonchev–Trinajstić information content (AvgIpc) is 2.29. The van der Waals surface area contributed by atoms with E-state index in [0.717, 1.165) is 18.9 Å². The molecule has 1 heterocycles. The number of likely N-dealkylation sites (N-methyl/N-ethyl adjacent to an activating group) is 1. The second-order valence-electron chi connectivity index (χ2n) is 4.84. The van der Waals surface area contributed by atoms with Gasteiger partial charge in [-0.05, 0) is 38.5 Å². The minimum atomic E-state index is 0.0734. The first-order valence-electron chi connectivity index (χ1n) is 6.35. The Morgan fingerprint density at radius 2 is 2.07 bits per heavy atom. The van der Waals surface area contributed by atoms with Crippen molar-refractivity contribution < 1.29 is 4.79 Å². The molecule has 3 atom stereocenters. The van der Waals surface area contributed by atoms with E-state index in [0.29, 0.717) is 6.04 Å². The predicted molar refractivity (Wildman–Crippen MR) is 60.6 cm³/mol. The first kappa shape index (κ1) is 10.9. The molecule has 1 aliphatic carbocycles. The summed E-state index contributed by atoms with van der Waals surface area (Å²) in [6.45, 7) is 2.72. The lowest BCUT2D eigenvalue weighted by atomic mass is 9.77. The van der Waals surface area contributed by atoms with Crippen LogP contribution in [0.3, 0.4) is 0 Å². The van der Waals surface area contributed by atoms with Gasteiger partial charge in [-0.1, -0.05) is 12.8 Å². The molecule has 1 saturated carbocycles. The molecule has 2 N–H and O–H groups in total. The highest BCUT2D eigenvalue weighted by Crippen LogP contribution is 2.32. The summed E-state index contributed by atoms with van der Waals surface area (Å²) in [7, 11) is 0. The normalized spacial score (nSPS) is 35.7. The Morgan fingerprint density at radius 3 is 2.87 bits per heavy atom. The van der Waals surface area contributed by atoms with Crippen molar-refractivity contribution in [2.24, 2.45) is 5.92 Å². The number of rotatable bonds is 2. The van der Waals surface area contributed by atoms with E-state index < -0.39 is 0 Å². The Balaban J connectivity index is 1.87. The van der Waals surface area contributed by atoms with E-state index in [1.807, 2.05) is 6.92 Å². The first-order valence-corrected chi connectivity index (χ1v) is 6.35. The van der Waals surface area contributed by atoms with Gasteiger partial charge in [0.05, 0.1) is 6.04 Å². The Bertz CT molecular complexity index is 230. The Kier molecular flexibility index (Phi) is 3.62. The Labute approximate surface area is 92.0 Å². The van der Waals surface area contributed by atoms with E-state index in [1.54, 1.807) is 0 Å². The summed E-state index contributed by atoms with van der Waals surface area (Å²) in [5.74, 6) is 1.03. The van der Waals surface area contributed by atoms with Gasteiger partial charge in [-0.2, -0.15) is 0 Å². The monoisotopic (exact) mass is 210 g/mol. The average molecular weight is 210 g/mol. The van der Waals surface area contributed by atoms with Gasteiger partial charge >= 0.3 is 0 Å². The second kappa shape index (κ2) is 4.97. The number of carbonyl (C=O) groups is 1. The lowest BCUT2D eigenvalue weighted by Crippen LogP contribution is -2.54. The fraction of sp³-hybridized carbons (Fsp3) is 0.917. The van der Waals surface area contributed by atoms with Gasteiger partial charge in [-0.15, -0.1) is 0 Å². The van der Waals surface area contributed by atoms with Crippen LogP contribution in [0.15, 0.2) is 0 Å². The molecule has 3 nitrogen and oxygen atoms in total. The SMILES string of the molecule is CCNC(=O)[C@H]1CC[C@H]2CCCC[C@H]2N1. The number of fused-ring (bicyclic) bond motifs is 1. The quantitative estimate of drug-likeness (QED) is 0.724. The predicted octanol–water partition coefficient (Wildman–Crippen LogP) is 1.43. The maximum Gasteiger partial charge on any atom is 0.237 e. The van der Waals surface area contributed by atoms with E-state index in [9.17, 15) is 4.79 Å². The molecule has 1 aliphatic heterocycles. The largest absolute Gasteiger partial charge is 0.355 e. The fourth-order valence-electron chi connectivity index (χ4n) is 3.00. The molecule has 2 rings (SSSR count). The van der Waals surface area contributed by atoms with Crippen molar-refractivity contribution in [2.45, 2.75) is 57.5 Å². The molecule has 2 aliphatic rings. The number of nitrogens with one attached hydrogen (secondary N) is 2. The van der Waals surface area contributed by atoms with E-state index in [2.05, 4.69) is 10.6 Å². The molecule has 2 fully saturated rings. The standard InChI is InChI=1S/C12H22N2O/c1-2-13-12(15)11-8-7-9-5-3-4-6-10(9)14-11/h9-11,14H,2-8H2,1H3,(H,13,15)/t9-,10-,11-/m1/s1. The summed E-state index contributed by atoms with van der Waals surface area (Å²) >= 11 is 0. The maximum absolute atomic E-state index is 11.7. The van der Waals surface area contributed by atoms with Gasteiger partial charge in [0.1, 0.15) is 0 Å². The summed E-state index contributed by atoms with van der Waals surface area (Å²) in [5.41, 5.74) is 0. The molecule has 1 saturated heterocycles. The molecular formula is C12H22N2O. The summed E-state index contributed by atoms with van der Waals surface area (Å²) in [6, 6.07) is 0.685. The van der Waals surface area contributed by atoms with E-state index in [4.69, 9.17) is 0 Å². The lowest BCUT2D eigenvalue weighted by molar-refractivity contribution is -0.124. The van der Waals surface area contributed by atoms with Gasteiger partial charge in [0.25, 0.3) is 0 Å². The van der Waals surface area contributed by atoms with Crippen LogP contribution in [0.5, 0.6) is 0 Å². The van der Waals surface area contributed by atoms with Crippen LogP contribution in [-0.4, -0.2) is 24.5 Å². The highest BCUT2D eigenvalue weighted by molar-refractivity contribution is 5.81. The highest BCUT2D eigenvalue weighted by atomic mass is 16.2. The zero-order valence-electron chi connectivity index (χ0n) is 9.59. The molecule has 3 heteroatoms. The molecule has 0 radical (unpaired) electrons. The van der Waals surface area contributed by atoms with Crippen molar-refractivity contribution in [3.63, 3.8) is 0 Å². The van der Waals surface area contributed by atoms with Gasteiger partial charge in [0.2, 0.25) is 5.91 Å². The second-order valence-corrected chi connectivity index (χ2v) is 4.84. The van der Waals surface area contributed by atoms with Crippen molar-refractivity contribution in [1.29, 1.82) is 0 Å². The Morgan fingerprint density at radius 1 is 1.27 bits per heavy atom. The van der Waals surface area contributed by atoms with Crippen LogP contribution < -0.4 is 10.6 Å². The third-order valence-corrected chi connectivity index (χ3v) is 3.82. The summed E-state index contributed by atoms with van der Waals surface area (Å²) in [6.07, 6.45) is 7.60. The third kappa shape index (κ3) is 2.51. The molecule has 86 valence electrons. The fourth-order valence-corrected chi connectivity index (χ4v) is 3.00. The first-order chi connectivity index (χ1) is 7.31. The molecule has 15 heavy (non-hydrogen) atoms. The van der Waals surface area contributed by atoms with Crippen LogP contribution in [-0.2, 0) is 4.79 Å². The minimum absolute atomic E-state index is 0.0734. The molecule has 0 spiro atoms. The topological polar surface area (TPSA) is 41.1 Å². The molecule has 0 unspecified atom stereocenters. The van der Waals surface area contributed by atoms with Gasteiger partial charge in [0.15, 0.2) is 0 Å². The zero-order chi connectivity index (χ0) is 10.7. The van der Waals surface area contributed by atoms with E-state index in [-0.39, 0.29) is 11.9 Å². The van der Waals surface area contributed by atoms with Gasteiger partial charge in [-0.25, -0.2) is 0 Å². The van der Waals surface area contributed by atoms with Crippen LogP contribution in [0.1, 0.15) is 45.4 Å². The van der Waals surface area contributed by atoms with Crippen LogP contribution in [0.2, 0.25) is 0 Å². The van der Waals surface area contributed by atoms with Crippen molar-refractivity contribution in [1.82, 2.24) is 10.6 Å². The van der Waals surface area contributed by atoms with Crippen LogP contribution in [0, 0.1) is 5.92 Å². The lowest BCUT2D eigenvalue weighted by Gasteiger charge is -2.39. The molecule has 0 aromatic carbocycles. The molecular weight excluding hydrogens is 188 g/mol. The van der Waals surface area contributed by atoms with E-state index >= 15 is 0 Å². The summed E-state index contributed by atoms with van der Waals surface area (Å²) < 4.78 is 0. The zero-order valence-corrected chi connectivity index (χ0v) is 9.59. The molecule has 0 aromatic rings. The highest BCUT2D eigenvalue weighted by Gasteiger charge is 2.33. The Hall–Kier alpha value is -0.570. The molecule has 0 bridgehead atoms. The third-order valence-electron chi connectivity index (χ3n) is 3.82. The van der Waals surface area contributed by atoms with Crippen molar-refractivity contribution in [3.05, 3.63) is 0 Å². The van der Waals surface area contributed by atoms with Gasteiger partial charge in [0, 0.05) is 12.6 Å². The van der Waals surface area contributed by atoms with Crippen LogP contribution in [0.4, 0.5) is 0 Å². The van der Waals surface area contributed by atoms with Crippen molar-refractivity contribution in [2.75, 3.05) is 6.54 Å². The van der Waals surface area contributed by atoms with Gasteiger partial charge in [-0.3, -0.25) is 4.79 Å². The molecule has 1 amide bonds. The summed E-state index contributed by atoms with van der Waals surface area (Å²) in [5, 5.41) is 6.44. The van der Waals surface area contributed by atoms with Crippen molar-refractivity contribution in [3.8, 4) is 0 Å². The maximum atomic E-state index is 11.7. The molecule has 0 aromatic heterocycles. The number of piperidine rings is 1.